The Morgan fingerprint density at radius 3 is 2.42 bits per heavy atom. The minimum atomic E-state index is -0.892. The van der Waals surface area contributed by atoms with E-state index < -0.39 is 17.2 Å². The lowest BCUT2D eigenvalue weighted by molar-refractivity contribution is -0.120. The number of rotatable bonds is 5. The number of halogens is 1. The van der Waals surface area contributed by atoms with Gasteiger partial charge >= 0.3 is 6.03 Å². The quantitative estimate of drug-likeness (QED) is 0.801. The Labute approximate surface area is 142 Å². The van der Waals surface area contributed by atoms with Crippen LogP contribution in [0.5, 0.6) is 0 Å². The lowest BCUT2D eigenvalue weighted by atomic mass is 10.1. The summed E-state index contributed by atoms with van der Waals surface area (Å²) in [5.74, 6) is -0.317. The molecule has 3 amide bonds. The number of hydrogen-bond donors (Lipinski definition) is 2. The predicted molar refractivity (Wildman–Crippen MR) is 88.6 cm³/mol. The van der Waals surface area contributed by atoms with Crippen molar-refractivity contribution in [3.05, 3.63) is 30.1 Å². The number of nitrogens with two attached hydrogens (primary N) is 1. The highest BCUT2D eigenvalue weighted by molar-refractivity contribution is 8.00. The fraction of sp³-hybridized carbons (Fsp3) is 0.333. The van der Waals surface area contributed by atoms with Crippen LogP contribution in [0.2, 0.25) is 0 Å². The van der Waals surface area contributed by atoms with Gasteiger partial charge in [-0.1, -0.05) is 25.6 Å². The molecule has 0 unspecified atom stereocenters. The third-order valence-electron chi connectivity index (χ3n) is 3.28. The molecule has 0 aliphatic carbocycles. The maximum Gasteiger partial charge on any atom is 0.318 e. The van der Waals surface area contributed by atoms with Crippen molar-refractivity contribution < 1.29 is 14.0 Å². The monoisotopic (exact) mass is 351 g/mol. The summed E-state index contributed by atoms with van der Waals surface area (Å²) in [7, 11) is 1.75. The van der Waals surface area contributed by atoms with E-state index in [2.05, 4.69) is 15.5 Å². The number of amides is 3. The summed E-state index contributed by atoms with van der Waals surface area (Å²) in [6.45, 7) is 3.71. The lowest BCUT2D eigenvalue weighted by Crippen LogP contribution is -2.42. The number of urea groups is 1. The van der Waals surface area contributed by atoms with Crippen LogP contribution < -0.4 is 11.1 Å². The third-order valence-corrected chi connectivity index (χ3v) is 4.86. The molecule has 0 aliphatic rings. The van der Waals surface area contributed by atoms with Crippen molar-refractivity contribution in [2.75, 3.05) is 0 Å². The molecule has 7 nitrogen and oxygen atoms in total. The molecule has 128 valence electrons. The Balaban J connectivity index is 2.24. The van der Waals surface area contributed by atoms with E-state index in [1.807, 2.05) is 13.8 Å². The number of nitrogens with zero attached hydrogens (tertiary/aromatic N) is 3. The molecule has 0 aliphatic heterocycles. The average Bonchev–Trinajstić information content (AvgIpc) is 2.85. The fourth-order valence-electron chi connectivity index (χ4n) is 2.07. The zero-order chi connectivity index (χ0) is 17.9. The van der Waals surface area contributed by atoms with Crippen molar-refractivity contribution in [1.29, 1.82) is 0 Å². The van der Waals surface area contributed by atoms with Gasteiger partial charge in [-0.05, 0) is 30.2 Å². The normalized spacial score (nSPS) is 12.2. The van der Waals surface area contributed by atoms with Gasteiger partial charge in [-0.2, -0.15) is 0 Å². The van der Waals surface area contributed by atoms with E-state index in [0.717, 1.165) is 0 Å². The van der Waals surface area contributed by atoms with Crippen LogP contribution in [0.15, 0.2) is 29.4 Å². The Morgan fingerprint density at radius 2 is 1.88 bits per heavy atom. The van der Waals surface area contributed by atoms with E-state index in [9.17, 15) is 14.0 Å². The minimum Gasteiger partial charge on any atom is -0.351 e. The summed E-state index contributed by atoms with van der Waals surface area (Å²) in [5, 5.41) is 10.2. The van der Waals surface area contributed by atoms with Gasteiger partial charge in [0.05, 0.1) is 5.25 Å². The van der Waals surface area contributed by atoms with Crippen LogP contribution in [0.25, 0.3) is 11.4 Å². The van der Waals surface area contributed by atoms with Crippen molar-refractivity contribution in [2.24, 2.45) is 18.7 Å². The van der Waals surface area contributed by atoms with E-state index >= 15 is 0 Å². The summed E-state index contributed by atoms with van der Waals surface area (Å²) >= 11 is 1.19. The van der Waals surface area contributed by atoms with Crippen LogP contribution in [0, 0.1) is 11.7 Å². The van der Waals surface area contributed by atoms with Gasteiger partial charge in [-0.25, -0.2) is 9.18 Å². The summed E-state index contributed by atoms with van der Waals surface area (Å²) < 4.78 is 14.7. The number of aromatic nitrogens is 3. The molecule has 0 bridgehead atoms. The molecule has 2 aromatic rings. The smallest absolute Gasteiger partial charge is 0.318 e. The second-order valence-electron chi connectivity index (χ2n) is 5.51. The number of thioether (sulfide) groups is 1. The van der Waals surface area contributed by atoms with Gasteiger partial charge in [0.1, 0.15) is 5.82 Å². The van der Waals surface area contributed by atoms with Crippen LogP contribution in [0.1, 0.15) is 13.8 Å². The first kappa shape index (κ1) is 17.9. The molecule has 0 saturated carbocycles. The molecule has 0 saturated heterocycles. The standard InChI is InChI=1S/C15H18FN5O2S/c1-8(2)11(13(22)18-14(17)23)24-15-20-19-12(21(15)3)9-4-6-10(16)7-5-9/h4-8,11H,1-3H3,(H3,17,18,22,23)/t11-/m0/s1. The second-order valence-corrected chi connectivity index (χ2v) is 6.62. The highest BCUT2D eigenvalue weighted by atomic mass is 32.2. The number of benzene rings is 1. The zero-order valence-corrected chi connectivity index (χ0v) is 14.3. The van der Waals surface area contributed by atoms with Gasteiger partial charge in [-0.15, -0.1) is 10.2 Å². The SMILES string of the molecule is CC(C)[C@H](Sc1nnc(-c2ccc(F)cc2)n1C)C(=O)NC(N)=O. The maximum atomic E-state index is 13.0. The number of imide groups is 1. The molecular formula is C15H18FN5O2S. The van der Waals surface area contributed by atoms with Crippen LogP contribution in [-0.4, -0.2) is 32.0 Å². The number of primary amides is 1. The van der Waals surface area contributed by atoms with E-state index in [-0.39, 0.29) is 11.7 Å². The highest BCUT2D eigenvalue weighted by Gasteiger charge is 2.27. The number of hydrogen-bond acceptors (Lipinski definition) is 5. The van der Waals surface area contributed by atoms with Gasteiger partial charge in [-0.3, -0.25) is 10.1 Å². The first-order valence-electron chi connectivity index (χ1n) is 7.22. The van der Waals surface area contributed by atoms with Crippen molar-refractivity contribution in [3.63, 3.8) is 0 Å². The molecule has 24 heavy (non-hydrogen) atoms. The molecule has 0 spiro atoms. The molecule has 0 fully saturated rings. The number of carbonyl (C=O) groups is 2. The maximum absolute atomic E-state index is 13.0. The van der Waals surface area contributed by atoms with Crippen LogP contribution in [-0.2, 0) is 11.8 Å². The lowest BCUT2D eigenvalue weighted by Gasteiger charge is -2.18. The summed E-state index contributed by atoms with van der Waals surface area (Å²) in [6.07, 6.45) is 0. The molecule has 1 aromatic carbocycles. The van der Waals surface area contributed by atoms with Crippen LogP contribution in [0.4, 0.5) is 9.18 Å². The zero-order valence-electron chi connectivity index (χ0n) is 13.5. The fourth-order valence-corrected chi connectivity index (χ4v) is 3.06. The molecule has 1 atom stereocenters. The van der Waals surface area contributed by atoms with Gasteiger partial charge in [0.15, 0.2) is 11.0 Å². The number of nitrogens with one attached hydrogen (secondary N) is 1. The summed E-state index contributed by atoms with van der Waals surface area (Å²) in [4.78, 5) is 23.0. The molecule has 2 rings (SSSR count). The Bertz CT molecular complexity index is 745. The Kier molecular flexibility index (Phi) is 5.55. The van der Waals surface area contributed by atoms with Gasteiger partial charge < -0.3 is 10.3 Å². The number of carbonyl (C=O) groups excluding carboxylic acids is 2. The van der Waals surface area contributed by atoms with Gasteiger partial charge in [0, 0.05) is 12.6 Å². The van der Waals surface area contributed by atoms with Crippen molar-refractivity contribution in [1.82, 2.24) is 20.1 Å². The minimum absolute atomic E-state index is 0.0553. The van der Waals surface area contributed by atoms with Crippen molar-refractivity contribution in [2.45, 2.75) is 24.3 Å². The third kappa shape index (κ3) is 4.10. The van der Waals surface area contributed by atoms with Crippen molar-refractivity contribution in [3.8, 4) is 11.4 Å². The summed E-state index contributed by atoms with van der Waals surface area (Å²) in [5.41, 5.74) is 5.71. The van der Waals surface area contributed by atoms with E-state index in [1.165, 1.54) is 23.9 Å². The molecule has 1 heterocycles. The van der Waals surface area contributed by atoms with Crippen LogP contribution in [0.3, 0.4) is 0 Å². The molecule has 9 heteroatoms. The van der Waals surface area contributed by atoms with Crippen molar-refractivity contribution >= 4 is 23.7 Å². The Morgan fingerprint density at radius 1 is 1.25 bits per heavy atom. The van der Waals surface area contributed by atoms with E-state index in [4.69, 9.17) is 5.73 Å². The largest absolute Gasteiger partial charge is 0.351 e. The molecular weight excluding hydrogens is 333 g/mol. The topological polar surface area (TPSA) is 103 Å². The predicted octanol–water partition coefficient (Wildman–Crippen LogP) is 1.93. The van der Waals surface area contributed by atoms with E-state index in [0.29, 0.717) is 16.5 Å². The van der Waals surface area contributed by atoms with Crippen LogP contribution >= 0.6 is 11.8 Å². The molecule has 0 radical (unpaired) electrons. The molecule has 1 aromatic heterocycles. The second kappa shape index (κ2) is 7.43. The first-order valence-corrected chi connectivity index (χ1v) is 8.10. The van der Waals surface area contributed by atoms with Gasteiger partial charge in [0.2, 0.25) is 5.91 Å². The first-order chi connectivity index (χ1) is 11.3. The molecule has 3 N–H and O–H groups in total. The summed E-state index contributed by atoms with van der Waals surface area (Å²) in [6, 6.07) is 5.00. The average molecular weight is 351 g/mol. The van der Waals surface area contributed by atoms with Gasteiger partial charge in [0.25, 0.3) is 0 Å². The Hall–Kier alpha value is -2.42. The van der Waals surface area contributed by atoms with E-state index in [1.54, 1.807) is 23.7 Å². The highest BCUT2D eigenvalue weighted by Crippen LogP contribution is 2.29.